The molecule has 25 heavy (non-hydrogen) atoms. The molecule has 1 N–H and O–H groups in total. The minimum absolute atomic E-state index is 0.663. The highest BCUT2D eigenvalue weighted by Crippen LogP contribution is 2.49. The maximum atomic E-state index is 3.64. The monoisotopic (exact) mass is 350 g/mol. The molecule has 2 atom stereocenters. The predicted molar refractivity (Wildman–Crippen MR) is 109 cm³/mol. The van der Waals surface area contributed by atoms with Crippen LogP contribution in [0.25, 0.3) is 11.1 Å². The van der Waals surface area contributed by atoms with Gasteiger partial charge in [0.1, 0.15) is 0 Å². The average molecular weight is 351 g/mol. The number of thioether (sulfide) groups is 1. The Bertz CT molecular complexity index is 829. The Morgan fingerprint density at radius 2 is 2.08 bits per heavy atom. The first-order chi connectivity index (χ1) is 12.2. The van der Waals surface area contributed by atoms with Crippen molar-refractivity contribution in [3.63, 3.8) is 0 Å². The summed E-state index contributed by atoms with van der Waals surface area (Å²) in [6, 6.07) is 12.6. The van der Waals surface area contributed by atoms with Gasteiger partial charge in [0.15, 0.2) is 0 Å². The molecular weight excluding hydrogens is 324 g/mol. The molecule has 0 amide bonds. The third kappa shape index (κ3) is 2.51. The highest BCUT2D eigenvalue weighted by molar-refractivity contribution is 7.98. The molecule has 2 nitrogen and oxygen atoms in total. The van der Waals surface area contributed by atoms with Crippen LogP contribution < -0.4 is 10.2 Å². The molecule has 0 spiro atoms. The van der Waals surface area contributed by atoms with Crippen molar-refractivity contribution in [1.82, 2.24) is 5.32 Å². The van der Waals surface area contributed by atoms with Crippen LogP contribution in [0.1, 0.15) is 34.6 Å². The fourth-order valence-corrected chi connectivity index (χ4v) is 5.99. The Morgan fingerprint density at radius 3 is 2.96 bits per heavy atom. The van der Waals surface area contributed by atoms with Crippen LogP contribution in [-0.2, 0) is 5.75 Å². The quantitative estimate of drug-likeness (QED) is 0.816. The second-order valence-corrected chi connectivity index (χ2v) is 8.91. The van der Waals surface area contributed by atoms with Crippen LogP contribution in [0.5, 0.6) is 0 Å². The number of rotatable bonds is 1. The van der Waals surface area contributed by atoms with Crippen molar-refractivity contribution in [2.75, 3.05) is 30.3 Å². The number of hydrogen-bond donors (Lipinski definition) is 1. The van der Waals surface area contributed by atoms with Crippen molar-refractivity contribution in [2.24, 2.45) is 0 Å². The summed E-state index contributed by atoms with van der Waals surface area (Å²) in [6.07, 6.45) is 1.28. The van der Waals surface area contributed by atoms with Crippen LogP contribution in [0, 0.1) is 13.8 Å². The molecule has 2 aromatic carbocycles. The molecule has 2 aromatic rings. The van der Waals surface area contributed by atoms with Gasteiger partial charge in [0, 0.05) is 42.2 Å². The van der Waals surface area contributed by atoms with Crippen LogP contribution in [0.4, 0.5) is 5.69 Å². The third-order valence-corrected chi connectivity index (χ3v) is 7.16. The fraction of sp³-hybridized carbons (Fsp3) is 0.455. The van der Waals surface area contributed by atoms with Gasteiger partial charge >= 0.3 is 0 Å². The van der Waals surface area contributed by atoms with Gasteiger partial charge in [-0.05, 0) is 66.8 Å². The Balaban J connectivity index is 1.69. The van der Waals surface area contributed by atoms with E-state index in [4.69, 9.17) is 0 Å². The molecule has 0 saturated carbocycles. The van der Waals surface area contributed by atoms with Crippen LogP contribution >= 0.6 is 11.8 Å². The normalized spacial score (nSPS) is 24.6. The summed E-state index contributed by atoms with van der Waals surface area (Å²) in [6.45, 7) is 7.95. The number of hydrogen-bond acceptors (Lipinski definition) is 3. The van der Waals surface area contributed by atoms with E-state index in [1.165, 1.54) is 41.0 Å². The molecule has 1 fully saturated rings. The second-order valence-electron chi connectivity index (χ2n) is 7.80. The van der Waals surface area contributed by atoms with E-state index in [0.717, 1.165) is 18.8 Å². The van der Waals surface area contributed by atoms with Crippen LogP contribution in [0.3, 0.4) is 0 Å². The Kier molecular flexibility index (Phi) is 3.83. The molecule has 3 aliphatic heterocycles. The molecule has 0 aromatic heterocycles. The number of fused-ring (bicyclic) bond motifs is 3. The van der Waals surface area contributed by atoms with E-state index in [0.29, 0.717) is 12.0 Å². The van der Waals surface area contributed by atoms with Gasteiger partial charge in [-0.25, -0.2) is 0 Å². The lowest BCUT2D eigenvalue weighted by Crippen LogP contribution is -2.44. The molecule has 0 bridgehead atoms. The van der Waals surface area contributed by atoms with Crippen molar-refractivity contribution in [3.8, 4) is 11.1 Å². The highest BCUT2D eigenvalue weighted by atomic mass is 32.2. The molecule has 3 heteroatoms. The van der Waals surface area contributed by atoms with E-state index in [9.17, 15) is 0 Å². The van der Waals surface area contributed by atoms with Crippen LogP contribution in [0.15, 0.2) is 30.3 Å². The zero-order valence-corrected chi connectivity index (χ0v) is 16.0. The molecule has 130 valence electrons. The topological polar surface area (TPSA) is 15.3 Å². The van der Waals surface area contributed by atoms with E-state index in [2.05, 4.69) is 66.2 Å². The number of nitrogens with one attached hydrogen (secondary N) is 1. The first-order valence-electron chi connectivity index (χ1n) is 9.52. The maximum Gasteiger partial charge on any atom is 0.0447 e. The summed E-state index contributed by atoms with van der Waals surface area (Å²) in [7, 11) is 0. The highest BCUT2D eigenvalue weighted by Gasteiger charge is 2.41. The minimum Gasteiger partial charge on any atom is -0.367 e. The number of anilines is 1. The average Bonchev–Trinajstić information content (AvgIpc) is 2.77. The zero-order valence-electron chi connectivity index (χ0n) is 15.1. The van der Waals surface area contributed by atoms with Crippen molar-refractivity contribution >= 4 is 17.4 Å². The summed E-state index contributed by atoms with van der Waals surface area (Å²) < 4.78 is 0. The summed E-state index contributed by atoms with van der Waals surface area (Å²) in [5.74, 6) is 3.07. The Labute approximate surface area is 155 Å². The van der Waals surface area contributed by atoms with Gasteiger partial charge in [0.25, 0.3) is 0 Å². The number of aryl methyl sites for hydroxylation is 2. The van der Waals surface area contributed by atoms with Gasteiger partial charge in [-0.3, -0.25) is 0 Å². The van der Waals surface area contributed by atoms with Gasteiger partial charge in [0.2, 0.25) is 0 Å². The van der Waals surface area contributed by atoms with E-state index >= 15 is 0 Å². The van der Waals surface area contributed by atoms with Gasteiger partial charge in [-0.1, -0.05) is 23.8 Å². The van der Waals surface area contributed by atoms with E-state index < -0.39 is 0 Å². The van der Waals surface area contributed by atoms with Crippen molar-refractivity contribution < 1.29 is 0 Å². The van der Waals surface area contributed by atoms with Gasteiger partial charge < -0.3 is 10.2 Å². The van der Waals surface area contributed by atoms with Crippen molar-refractivity contribution in [3.05, 3.63) is 52.6 Å². The molecule has 0 aliphatic carbocycles. The Morgan fingerprint density at radius 1 is 1.16 bits per heavy atom. The number of nitrogens with zero attached hydrogens (tertiary/aromatic N) is 1. The molecule has 1 saturated heterocycles. The smallest absolute Gasteiger partial charge is 0.0447 e. The summed E-state index contributed by atoms with van der Waals surface area (Å²) in [5, 5.41) is 3.64. The number of benzene rings is 2. The Hall–Kier alpha value is -1.45. The minimum atomic E-state index is 0.663. The molecule has 0 unspecified atom stereocenters. The second kappa shape index (κ2) is 6.07. The van der Waals surface area contributed by atoms with Gasteiger partial charge in [-0.2, -0.15) is 11.8 Å². The molecule has 5 rings (SSSR count). The molecule has 0 radical (unpaired) electrons. The van der Waals surface area contributed by atoms with Crippen LogP contribution in [-0.4, -0.2) is 31.4 Å². The lowest BCUT2D eigenvalue weighted by molar-refractivity contribution is 0.406. The number of piperidine rings is 1. The molecule has 3 heterocycles. The first-order valence-corrected chi connectivity index (χ1v) is 10.7. The molecule has 3 aliphatic rings. The fourth-order valence-electron chi connectivity index (χ4n) is 5.08. The summed E-state index contributed by atoms with van der Waals surface area (Å²) >= 11 is 2.10. The first kappa shape index (κ1) is 15.8. The lowest BCUT2D eigenvalue weighted by Gasteiger charge is -2.33. The van der Waals surface area contributed by atoms with E-state index in [1.54, 1.807) is 16.8 Å². The van der Waals surface area contributed by atoms with Gasteiger partial charge in [-0.15, -0.1) is 0 Å². The van der Waals surface area contributed by atoms with Gasteiger partial charge in [0.05, 0.1) is 0 Å². The lowest BCUT2D eigenvalue weighted by atomic mass is 9.87. The standard InChI is InChI=1S/C22H26N2S/c1-14-3-4-18(15(2)9-14)16-10-17-13-25-8-7-24-21-5-6-23-12-20(21)19(11-16)22(17)24/h3-4,9-11,20-21,23H,5-8,12-13H2,1-2H3/t20-,21-/m0/s1. The predicted octanol–water partition coefficient (Wildman–Crippen LogP) is 4.48. The van der Waals surface area contributed by atoms with Crippen molar-refractivity contribution in [1.29, 1.82) is 0 Å². The zero-order chi connectivity index (χ0) is 17.0. The summed E-state index contributed by atoms with van der Waals surface area (Å²) in [5.41, 5.74) is 10.3. The summed E-state index contributed by atoms with van der Waals surface area (Å²) in [4.78, 5) is 2.75. The maximum absolute atomic E-state index is 3.64. The van der Waals surface area contributed by atoms with E-state index in [1.807, 2.05) is 0 Å². The van der Waals surface area contributed by atoms with E-state index in [-0.39, 0.29) is 0 Å². The van der Waals surface area contributed by atoms with Crippen LogP contribution in [0.2, 0.25) is 0 Å². The largest absolute Gasteiger partial charge is 0.367 e. The SMILES string of the molecule is Cc1ccc(-c2cc3c4c(c2)[C@@H]2CNCC[C@@H]2N4CCSC3)c(C)c1. The third-order valence-electron chi connectivity index (χ3n) is 6.18. The molecular formula is C22H26N2S. The van der Waals surface area contributed by atoms with Crippen molar-refractivity contribution in [2.45, 2.75) is 38.0 Å².